The molecule has 0 unspecified atom stereocenters. The average molecular weight is 559 g/mol. The van der Waals surface area contributed by atoms with E-state index in [1.54, 1.807) is 6.08 Å². The van der Waals surface area contributed by atoms with E-state index in [9.17, 15) is 21.6 Å². The Labute approximate surface area is 187 Å². The summed E-state index contributed by atoms with van der Waals surface area (Å²) in [5.41, 5.74) is -4.91. The quantitative estimate of drug-likeness (QED) is 0.102. The first-order valence-corrected chi connectivity index (χ1v) is 21.0. The maximum atomic E-state index is 13.0. The van der Waals surface area contributed by atoms with Gasteiger partial charge in [0.1, 0.15) is 0 Å². The van der Waals surface area contributed by atoms with Crippen LogP contribution in [-0.4, -0.2) is 32.3 Å². The van der Waals surface area contributed by atoms with Gasteiger partial charge >= 0.3 is 188 Å². The minimum atomic E-state index is -5.25. The summed E-state index contributed by atoms with van der Waals surface area (Å²) in [6, 6.07) is 0. The molecule has 0 radical (unpaired) electrons. The Hall–Kier alpha value is 0.0187. The van der Waals surface area contributed by atoms with Gasteiger partial charge in [0.2, 0.25) is 0 Å². The third-order valence-electron chi connectivity index (χ3n) is 5.68. The fraction of sp³-hybridized carbons (Fsp3) is 0.826. The van der Waals surface area contributed by atoms with Gasteiger partial charge in [0.05, 0.1) is 0 Å². The van der Waals surface area contributed by atoms with Crippen LogP contribution in [0.1, 0.15) is 98.3 Å². The van der Waals surface area contributed by atoms with Crippen LogP contribution in [0.2, 0.25) is 13.3 Å². The van der Waals surface area contributed by atoms with Crippen LogP contribution < -0.4 is 0 Å². The molecule has 178 valence electrons. The fourth-order valence-electron chi connectivity index (χ4n) is 3.70. The van der Waals surface area contributed by atoms with Crippen molar-refractivity contribution >= 4 is 28.2 Å². The monoisotopic (exact) mass is 560 g/mol. The van der Waals surface area contributed by atoms with Gasteiger partial charge in [-0.25, -0.2) is 0 Å². The Morgan fingerprint density at radius 2 is 1.23 bits per heavy atom. The number of hydrogen-bond donors (Lipinski definition) is 0. The van der Waals surface area contributed by atoms with Crippen LogP contribution in [-0.2, 0) is 9.84 Å². The zero-order valence-corrected chi connectivity index (χ0v) is 23.2. The van der Waals surface area contributed by atoms with Crippen LogP contribution in [0, 0.1) is 0 Å². The summed E-state index contributed by atoms with van der Waals surface area (Å²) in [7, 11) is -5.25. The number of sulfone groups is 1. The van der Waals surface area contributed by atoms with Crippen molar-refractivity contribution in [1.29, 1.82) is 0 Å². The van der Waals surface area contributed by atoms with Crippen molar-refractivity contribution in [2.24, 2.45) is 0 Å². The third kappa shape index (κ3) is 12.2. The first kappa shape index (κ1) is 30.0. The second-order valence-electron chi connectivity index (χ2n) is 8.50. The molecule has 0 spiro atoms. The summed E-state index contributed by atoms with van der Waals surface area (Å²) in [4.78, 5) is 0. The van der Waals surface area contributed by atoms with Crippen molar-refractivity contribution in [1.82, 2.24) is 0 Å². The van der Waals surface area contributed by atoms with Gasteiger partial charge < -0.3 is 0 Å². The van der Waals surface area contributed by atoms with Gasteiger partial charge in [-0.2, -0.15) is 0 Å². The molecule has 0 atom stereocenters. The maximum absolute atomic E-state index is 13.0. The van der Waals surface area contributed by atoms with Gasteiger partial charge in [0.25, 0.3) is 0 Å². The summed E-state index contributed by atoms with van der Waals surface area (Å²) in [6.45, 7) is 8.60. The number of allylic oxidation sites excluding steroid dienone is 2. The molecule has 0 aromatic rings. The van der Waals surface area contributed by atoms with E-state index in [2.05, 4.69) is 31.8 Å². The zero-order chi connectivity index (χ0) is 23.1. The fourth-order valence-corrected chi connectivity index (χ4v) is 18.7. The Morgan fingerprint density at radius 1 is 0.767 bits per heavy atom. The molecule has 0 bridgehead atoms. The zero-order valence-electron chi connectivity index (χ0n) is 19.5. The van der Waals surface area contributed by atoms with Gasteiger partial charge in [-0.1, -0.05) is 0 Å². The summed E-state index contributed by atoms with van der Waals surface area (Å²) in [6.07, 6.45) is 12.7. The molecule has 0 aromatic heterocycles. The van der Waals surface area contributed by atoms with Crippen LogP contribution in [0.25, 0.3) is 0 Å². The number of unbranched alkanes of at least 4 members (excludes halogenated alkanes) is 6. The van der Waals surface area contributed by atoms with Crippen molar-refractivity contribution in [3.63, 3.8) is 0 Å². The topological polar surface area (TPSA) is 34.1 Å². The molecular weight excluding hydrogens is 516 g/mol. The first-order chi connectivity index (χ1) is 14.1. The molecule has 0 saturated heterocycles. The predicted molar refractivity (Wildman–Crippen MR) is 126 cm³/mol. The van der Waals surface area contributed by atoms with Crippen LogP contribution >= 0.6 is 0 Å². The van der Waals surface area contributed by atoms with Crippen LogP contribution in [0.5, 0.6) is 0 Å². The van der Waals surface area contributed by atoms with E-state index < -0.39 is 33.7 Å². The van der Waals surface area contributed by atoms with E-state index in [-0.39, 0.29) is 0 Å². The molecule has 0 saturated carbocycles. The number of halogens is 3. The molecule has 0 rings (SSSR count). The summed E-state index contributed by atoms with van der Waals surface area (Å²) < 4.78 is 68.3. The van der Waals surface area contributed by atoms with E-state index in [0.29, 0.717) is 17.4 Å². The Bertz CT molecular complexity index is 589. The van der Waals surface area contributed by atoms with E-state index in [1.165, 1.54) is 13.3 Å². The molecular formula is C23H43F3O2SSn. The van der Waals surface area contributed by atoms with Gasteiger partial charge in [-0.15, -0.1) is 0 Å². The SMILES string of the molecule is CCCCCCC(=C/S(=O)(=O)C(F)(F)F)/C=[CH]/[Sn]([CH2]CCC)([CH2]CCC)[CH2]CCC. The van der Waals surface area contributed by atoms with Crippen LogP contribution in [0.3, 0.4) is 0 Å². The molecule has 0 aromatic carbocycles. The standard InChI is InChI=1S/C11H16F3O2S.3C4H9.Sn/c1-3-5-6-7-8-10(4-2)9-17(15,16)11(12,13)14;3*1-3-4-2;/h2,4,9H,3,5-8H2,1H3;3*1,3-4H2,2H3;/b4-2?,10-9+;;;;. The predicted octanol–water partition coefficient (Wildman–Crippen LogP) is 8.72. The molecule has 0 fully saturated rings. The van der Waals surface area contributed by atoms with Crippen LogP contribution in [0.4, 0.5) is 13.2 Å². The van der Waals surface area contributed by atoms with Crippen molar-refractivity contribution in [2.45, 2.75) is 117 Å². The third-order valence-corrected chi connectivity index (χ3v) is 21.0. The molecule has 0 aliphatic carbocycles. The first-order valence-electron chi connectivity index (χ1n) is 11.8. The van der Waals surface area contributed by atoms with Crippen molar-refractivity contribution in [3.05, 3.63) is 21.1 Å². The summed E-state index contributed by atoms with van der Waals surface area (Å²) in [5.74, 6) is 0. The molecule has 0 aliphatic heterocycles. The van der Waals surface area contributed by atoms with E-state index in [1.807, 2.05) is 0 Å². The van der Waals surface area contributed by atoms with Gasteiger partial charge in [-0.3, -0.25) is 0 Å². The molecule has 0 amide bonds. The number of alkyl halides is 3. The van der Waals surface area contributed by atoms with Gasteiger partial charge in [-0.05, 0) is 0 Å². The van der Waals surface area contributed by atoms with Crippen molar-refractivity contribution < 1.29 is 21.6 Å². The Balaban J connectivity index is 5.89. The molecule has 0 aliphatic rings. The van der Waals surface area contributed by atoms with E-state index in [0.717, 1.165) is 64.2 Å². The van der Waals surface area contributed by atoms with E-state index in [4.69, 9.17) is 0 Å². The minimum absolute atomic E-state index is 0.328. The molecule has 0 N–H and O–H groups in total. The van der Waals surface area contributed by atoms with Crippen LogP contribution in [0.15, 0.2) is 21.1 Å². The normalized spacial score (nSPS) is 14.0. The summed E-state index contributed by atoms with van der Waals surface area (Å²) >= 11 is -2.68. The van der Waals surface area contributed by atoms with E-state index >= 15 is 0 Å². The van der Waals surface area contributed by atoms with Crippen molar-refractivity contribution in [2.75, 3.05) is 0 Å². The van der Waals surface area contributed by atoms with Gasteiger partial charge in [0, 0.05) is 0 Å². The average Bonchev–Trinajstić information content (AvgIpc) is 2.68. The number of rotatable bonds is 17. The number of hydrogen-bond acceptors (Lipinski definition) is 2. The molecule has 30 heavy (non-hydrogen) atoms. The van der Waals surface area contributed by atoms with Gasteiger partial charge in [0.15, 0.2) is 0 Å². The summed E-state index contributed by atoms with van der Waals surface area (Å²) in [5, 5.41) is 0.492. The Morgan fingerprint density at radius 3 is 1.63 bits per heavy atom. The molecule has 2 nitrogen and oxygen atoms in total. The second-order valence-corrected chi connectivity index (χ2v) is 23.3. The second kappa shape index (κ2) is 15.8. The Kier molecular flexibility index (Phi) is 15.8. The molecule has 7 heteroatoms. The molecule has 0 heterocycles. The van der Waals surface area contributed by atoms with Crippen molar-refractivity contribution in [3.8, 4) is 0 Å².